The van der Waals surface area contributed by atoms with Crippen LogP contribution in [0.3, 0.4) is 0 Å². The van der Waals surface area contributed by atoms with E-state index in [1.54, 1.807) is 0 Å². The number of hydrogen-bond acceptors (Lipinski definition) is 3. The Hall–Kier alpha value is -1.59. The van der Waals surface area contributed by atoms with Gasteiger partial charge < -0.3 is 15.5 Å². The van der Waals surface area contributed by atoms with Gasteiger partial charge in [0, 0.05) is 45.8 Å². The number of nitrogens with one attached hydrogen (secondary N) is 2. The first-order chi connectivity index (χ1) is 12.0. The predicted molar refractivity (Wildman–Crippen MR) is 107 cm³/mol. The zero-order valence-corrected chi connectivity index (χ0v) is 16.5. The molecule has 5 heteroatoms. The van der Waals surface area contributed by atoms with E-state index in [-0.39, 0.29) is 6.04 Å². The van der Waals surface area contributed by atoms with Crippen molar-refractivity contribution in [2.24, 2.45) is 10.9 Å². The molecule has 2 unspecified atom stereocenters. The normalized spacial score (nSPS) is 19.7. The lowest BCUT2D eigenvalue weighted by Crippen LogP contribution is -2.55. The Kier molecular flexibility index (Phi) is 7.72. The highest BCUT2D eigenvalue weighted by molar-refractivity contribution is 5.80. The molecule has 1 saturated heterocycles. The molecule has 5 nitrogen and oxygen atoms in total. The molecule has 0 saturated carbocycles. The highest BCUT2D eigenvalue weighted by Crippen LogP contribution is 2.13. The molecule has 0 bridgehead atoms. The summed E-state index contributed by atoms with van der Waals surface area (Å²) in [5.74, 6) is 1.48. The molecule has 0 aliphatic carbocycles. The van der Waals surface area contributed by atoms with Gasteiger partial charge in [-0.1, -0.05) is 44.2 Å². The molecule has 1 aromatic rings. The first-order valence-corrected chi connectivity index (χ1v) is 9.46. The van der Waals surface area contributed by atoms with Gasteiger partial charge in [0.1, 0.15) is 0 Å². The Morgan fingerprint density at radius 1 is 1.08 bits per heavy atom. The summed E-state index contributed by atoms with van der Waals surface area (Å²) < 4.78 is 0. The molecule has 2 rings (SSSR count). The third-order valence-corrected chi connectivity index (χ3v) is 5.13. The van der Waals surface area contributed by atoms with Crippen molar-refractivity contribution < 1.29 is 0 Å². The highest BCUT2D eigenvalue weighted by atomic mass is 15.3. The molecule has 0 spiro atoms. The van der Waals surface area contributed by atoms with E-state index >= 15 is 0 Å². The van der Waals surface area contributed by atoms with Crippen LogP contribution in [-0.2, 0) is 0 Å². The fourth-order valence-electron chi connectivity index (χ4n) is 3.37. The largest absolute Gasteiger partial charge is 0.355 e. The fraction of sp³-hybridized carbons (Fsp3) is 0.650. The second-order valence-corrected chi connectivity index (χ2v) is 7.38. The van der Waals surface area contributed by atoms with Crippen molar-refractivity contribution in [3.63, 3.8) is 0 Å². The lowest BCUT2D eigenvalue weighted by Gasteiger charge is -2.40. The summed E-state index contributed by atoms with van der Waals surface area (Å²) in [5, 5.41) is 7.04. The monoisotopic (exact) mass is 345 g/mol. The molecule has 1 aliphatic rings. The van der Waals surface area contributed by atoms with Crippen LogP contribution in [0.4, 0.5) is 0 Å². The Bertz CT molecular complexity index is 520. The molecular formula is C20H35N5. The Morgan fingerprint density at radius 3 is 2.28 bits per heavy atom. The average Bonchev–Trinajstić information content (AvgIpc) is 2.62. The summed E-state index contributed by atoms with van der Waals surface area (Å²) in [4.78, 5) is 9.43. The van der Waals surface area contributed by atoms with E-state index in [4.69, 9.17) is 0 Å². The topological polar surface area (TPSA) is 42.9 Å². The number of nitrogens with zero attached hydrogens (tertiary/aromatic N) is 3. The van der Waals surface area contributed by atoms with E-state index in [0.717, 1.165) is 38.7 Å². The molecule has 2 N–H and O–H groups in total. The summed E-state index contributed by atoms with van der Waals surface area (Å²) in [5.41, 5.74) is 1.27. The van der Waals surface area contributed by atoms with Gasteiger partial charge in [-0.15, -0.1) is 0 Å². The lowest BCUT2D eigenvalue weighted by atomic mass is 10.0. The second kappa shape index (κ2) is 9.78. The van der Waals surface area contributed by atoms with E-state index in [2.05, 4.69) is 77.5 Å². The van der Waals surface area contributed by atoms with Gasteiger partial charge in [0.05, 0.1) is 6.04 Å². The summed E-state index contributed by atoms with van der Waals surface area (Å²) in [6.45, 7) is 12.3. The Labute approximate surface area is 153 Å². The zero-order valence-electron chi connectivity index (χ0n) is 16.5. The maximum atomic E-state index is 4.41. The standard InChI is InChI=1S/C20H35N5/c1-16(2)19(25-13-11-24(5)12-14-25)15-22-20(21-4)23-17(3)18-9-7-6-8-10-18/h6-10,16-17,19H,11-15H2,1-5H3,(H2,21,22,23). The molecule has 1 fully saturated rings. The van der Waals surface area contributed by atoms with Gasteiger partial charge in [-0.3, -0.25) is 9.89 Å². The highest BCUT2D eigenvalue weighted by Gasteiger charge is 2.25. The second-order valence-electron chi connectivity index (χ2n) is 7.38. The quantitative estimate of drug-likeness (QED) is 0.613. The number of likely N-dealkylation sites (N-methyl/N-ethyl adjacent to an activating group) is 1. The van der Waals surface area contributed by atoms with Gasteiger partial charge in [0.25, 0.3) is 0 Å². The molecule has 0 aromatic heterocycles. The first-order valence-electron chi connectivity index (χ1n) is 9.46. The van der Waals surface area contributed by atoms with Crippen molar-refractivity contribution in [2.75, 3.05) is 46.8 Å². The predicted octanol–water partition coefficient (Wildman–Crippen LogP) is 2.18. The van der Waals surface area contributed by atoms with Crippen LogP contribution in [0.1, 0.15) is 32.4 Å². The maximum Gasteiger partial charge on any atom is 0.191 e. The van der Waals surface area contributed by atoms with Crippen molar-refractivity contribution >= 4 is 5.96 Å². The van der Waals surface area contributed by atoms with Gasteiger partial charge in [-0.05, 0) is 25.5 Å². The van der Waals surface area contributed by atoms with Crippen LogP contribution >= 0.6 is 0 Å². The molecule has 0 radical (unpaired) electrons. The maximum absolute atomic E-state index is 4.41. The third kappa shape index (κ3) is 6.01. The molecule has 2 atom stereocenters. The van der Waals surface area contributed by atoms with Crippen LogP contribution in [-0.4, -0.2) is 68.6 Å². The Balaban J connectivity index is 1.89. The number of guanidine groups is 1. The van der Waals surface area contributed by atoms with Gasteiger partial charge >= 0.3 is 0 Å². The lowest BCUT2D eigenvalue weighted by molar-refractivity contribution is 0.0900. The minimum atomic E-state index is 0.230. The van der Waals surface area contributed by atoms with E-state index in [9.17, 15) is 0 Å². The molecule has 25 heavy (non-hydrogen) atoms. The van der Waals surface area contributed by atoms with Crippen molar-refractivity contribution in [3.8, 4) is 0 Å². The van der Waals surface area contributed by atoms with Crippen molar-refractivity contribution in [2.45, 2.75) is 32.9 Å². The number of rotatable bonds is 6. The summed E-state index contributed by atoms with van der Waals surface area (Å²) in [6, 6.07) is 11.2. The van der Waals surface area contributed by atoms with E-state index in [1.165, 1.54) is 5.56 Å². The van der Waals surface area contributed by atoms with E-state index in [0.29, 0.717) is 12.0 Å². The average molecular weight is 346 g/mol. The van der Waals surface area contributed by atoms with Crippen LogP contribution in [0, 0.1) is 5.92 Å². The number of piperazine rings is 1. The van der Waals surface area contributed by atoms with Crippen molar-refractivity contribution in [1.29, 1.82) is 0 Å². The van der Waals surface area contributed by atoms with E-state index < -0.39 is 0 Å². The molecule has 1 heterocycles. The van der Waals surface area contributed by atoms with Gasteiger partial charge in [0.2, 0.25) is 0 Å². The molecular weight excluding hydrogens is 310 g/mol. The minimum absolute atomic E-state index is 0.230. The summed E-state index contributed by atoms with van der Waals surface area (Å²) >= 11 is 0. The van der Waals surface area contributed by atoms with Crippen molar-refractivity contribution in [1.82, 2.24) is 20.4 Å². The van der Waals surface area contributed by atoms with Crippen LogP contribution in [0.15, 0.2) is 35.3 Å². The summed E-state index contributed by atoms with van der Waals surface area (Å²) in [7, 11) is 4.05. The van der Waals surface area contributed by atoms with Gasteiger partial charge in [-0.25, -0.2) is 0 Å². The first kappa shape index (κ1) is 19.7. The SMILES string of the molecule is CN=C(NCC(C(C)C)N1CCN(C)CC1)NC(C)c1ccccc1. The third-order valence-electron chi connectivity index (χ3n) is 5.13. The van der Waals surface area contributed by atoms with E-state index in [1.807, 2.05) is 13.1 Å². The van der Waals surface area contributed by atoms with Crippen LogP contribution in [0.25, 0.3) is 0 Å². The molecule has 0 amide bonds. The van der Waals surface area contributed by atoms with Crippen LogP contribution in [0.5, 0.6) is 0 Å². The number of aliphatic imine (C=N–C) groups is 1. The van der Waals surface area contributed by atoms with Gasteiger partial charge in [-0.2, -0.15) is 0 Å². The fourth-order valence-corrected chi connectivity index (χ4v) is 3.37. The molecule has 140 valence electrons. The number of hydrogen-bond donors (Lipinski definition) is 2. The minimum Gasteiger partial charge on any atom is -0.355 e. The molecule has 1 aliphatic heterocycles. The zero-order chi connectivity index (χ0) is 18.2. The van der Waals surface area contributed by atoms with Crippen molar-refractivity contribution in [3.05, 3.63) is 35.9 Å². The smallest absolute Gasteiger partial charge is 0.191 e. The molecule has 1 aromatic carbocycles. The Morgan fingerprint density at radius 2 is 1.72 bits per heavy atom. The van der Waals surface area contributed by atoms with Crippen LogP contribution in [0.2, 0.25) is 0 Å². The van der Waals surface area contributed by atoms with Crippen LogP contribution < -0.4 is 10.6 Å². The summed E-state index contributed by atoms with van der Waals surface area (Å²) in [6.07, 6.45) is 0. The van der Waals surface area contributed by atoms with Gasteiger partial charge in [0.15, 0.2) is 5.96 Å². The number of benzene rings is 1.